The minimum Gasteiger partial charge on any atom is -0.398 e. The molecule has 0 atom stereocenters. The van der Waals surface area contributed by atoms with Gasteiger partial charge in [-0.15, -0.1) is 0 Å². The van der Waals surface area contributed by atoms with Crippen molar-refractivity contribution in [2.45, 2.75) is 26.8 Å². The Morgan fingerprint density at radius 3 is 2.69 bits per heavy atom. The van der Waals surface area contributed by atoms with E-state index < -0.39 is 0 Å². The molecule has 16 heavy (non-hydrogen) atoms. The molecule has 0 saturated carbocycles. The smallest absolute Gasteiger partial charge is 0.261 e. The fourth-order valence-corrected chi connectivity index (χ4v) is 1.76. The summed E-state index contributed by atoms with van der Waals surface area (Å²) in [5, 5.41) is 0.621. The van der Waals surface area contributed by atoms with Gasteiger partial charge in [0.15, 0.2) is 0 Å². The van der Waals surface area contributed by atoms with E-state index in [9.17, 15) is 4.79 Å². The minimum atomic E-state index is -0.0233. The van der Waals surface area contributed by atoms with Crippen LogP contribution in [0.4, 0.5) is 5.69 Å². The van der Waals surface area contributed by atoms with Crippen LogP contribution in [0.5, 0.6) is 0 Å². The molecule has 0 fully saturated rings. The summed E-state index contributed by atoms with van der Waals surface area (Å²) in [6.45, 7) is 5.76. The van der Waals surface area contributed by atoms with Gasteiger partial charge in [0.05, 0.1) is 17.2 Å². The van der Waals surface area contributed by atoms with Gasteiger partial charge in [-0.1, -0.05) is 0 Å². The summed E-state index contributed by atoms with van der Waals surface area (Å²) in [5.41, 5.74) is 7.93. The van der Waals surface area contributed by atoms with Crippen LogP contribution in [0.1, 0.15) is 25.5 Å². The third-order valence-electron chi connectivity index (χ3n) is 2.81. The van der Waals surface area contributed by atoms with Crippen molar-refractivity contribution in [1.82, 2.24) is 9.55 Å². The molecule has 0 saturated heterocycles. The number of aryl methyl sites for hydroxylation is 1. The number of nitrogens with two attached hydrogens (primary N) is 1. The number of rotatable bonds is 1. The second-order valence-electron chi connectivity index (χ2n) is 4.22. The number of fused-ring (bicyclic) bond motifs is 1. The molecule has 0 bridgehead atoms. The average Bonchev–Trinajstić information content (AvgIpc) is 2.23. The first kappa shape index (κ1) is 10.7. The number of benzene rings is 1. The van der Waals surface area contributed by atoms with Crippen molar-refractivity contribution in [1.29, 1.82) is 0 Å². The summed E-state index contributed by atoms with van der Waals surface area (Å²) in [6.07, 6.45) is 1.59. The van der Waals surface area contributed by atoms with Crippen LogP contribution in [0.25, 0.3) is 10.9 Å². The molecule has 1 heterocycles. The zero-order valence-corrected chi connectivity index (χ0v) is 9.69. The highest BCUT2D eigenvalue weighted by Gasteiger charge is 2.10. The van der Waals surface area contributed by atoms with E-state index in [0.717, 1.165) is 5.56 Å². The van der Waals surface area contributed by atoms with Gasteiger partial charge < -0.3 is 5.73 Å². The quantitative estimate of drug-likeness (QED) is 0.742. The summed E-state index contributed by atoms with van der Waals surface area (Å²) >= 11 is 0. The molecule has 2 rings (SSSR count). The normalized spacial score (nSPS) is 11.2. The van der Waals surface area contributed by atoms with E-state index in [-0.39, 0.29) is 11.6 Å². The largest absolute Gasteiger partial charge is 0.398 e. The summed E-state index contributed by atoms with van der Waals surface area (Å²) in [5.74, 6) is 0. The van der Waals surface area contributed by atoms with E-state index in [0.29, 0.717) is 16.6 Å². The van der Waals surface area contributed by atoms with Crippen molar-refractivity contribution in [3.8, 4) is 0 Å². The standard InChI is InChI=1S/C12H15N3O/c1-7(2)15-6-14-10-5-4-9(13)8(3)11(10)12(15)16/h4-7H,13H2,1-3H3. The highest BCUT2D eigenvalue weighted by atomic mass is 16.1. The van der Waals surface area contributed by atoms with E-state index in [2.05, 4.69) is 4.98 Å². The fraction of sp³-hybridized carbons (Fsp3) is 0.333. The van der Waals surface area contributed by atoms with Crippen LogP contribution in [0, 0.1) is 6.92 Å². The Bertz CT molecular complexity index is 599. The average molecular weight is 217 g/mol. The second-order valence-corrected chi connectivity index (χ2v) is 4.22. The molecule has 1 aromatic carbocycles. The van der Waals surface area contributed by atoms with Crippen molar-refractivity contribution < 1.29 is 0 Å². The molecule has 2 N–H and O–H groups in total. The second kappa shape index (κ2) is 3.63. The molecule has 4 heteroatoms. The third-order valence-corrected chi connectivity index (χ3v) is 2.81. The van der Waals surface area contributed by atoms with Gasteiger partial charge in [-0.2, -0.15) is 0 Å². The van der Waals surface area contributed by atoms with E-state index in [1.165, 1.54) is 0 Å². The zero-order chi connectivity index (χ0) is 11.9. The van der Waals surface area contributed by atoms with Crippen molar-refractivity contribution in [2.75, 3.05) is 5.73 Å². The summed E-state index contributed by atoms with van der Waals surface area (Å²) < 4.78 is 1.62. The van der Waals surface area contributed by atoms with Crippen LogP contribution < -0.4 is 11.3 Å². The molecule has 0 aliphatic carbocycles. The highest BCUT2D eigenvalue weighted by molar-refractivity contribution is 5.85. The number of anilines is 1. The van der Waals surface area contributed by atoms with Crippen molar-refractivity contribution in [3.63, 3.8) is 0 Å². The van der Waals surface area contributed by atoms with E-state index in [1.807, 2.05) is 20.8 Å². The van der Waals surface area contributed by atoms with Crippen molar-refractivity contribution in [3.05, 3.63) is 34.4 Å². The minimum absolute atomic E-state index is 0.0233. The van der Waals surface area contributed by atoms with E-state index in [4.69, 9.17) is 5.73 Å². The molecule has 0 aliphatic heterocycles. The van der Waals surface area contributed by atoms with Gasteiger partial charge in [0.1, 0.15) is 0 Å². The molecule has 4 nitrogen and oxygen atoms in total. The topological polar surface area (TPSA) is 60.9 Å². The monoisotopic (exact) mass is 217 g/mol. The molecule has 0 spiro atoms. The zero-order valence-electron chi connectivity index (χ0n) is 9.69. The van der Waals surface area contributed by atoms with Gasteiger partial charge in [0.2, 0.25) is 0 Å². The van der Waals surface area contributed by atoms with Crippen molar-refractivity contribution in [2.24, 2.45) is 0 Å². The molecular formula is C12H15N3O. The van der Waals surface area contributed by atoms with Gasteiger partial charge in [-0.05, 0) is 38.5 Å². The molecule has 1 aromatic heterocycles. The number of nitrogen functional groups attached to an aromatic ring is 1. The van der Waals surface area contributed by atoms with Gasteiger partial charge in [-0.25, -0.2) is 4.98 Å². The summed E-state index contributed by atoms with van der Waals surface area (Å²) in [7, 11) is 0. The lowest BCUT2D eigenvalue weighted by molar-refractivity contribution is 0.573. The van der Waals surface area contributed by atoms with Crippen molar-refractivity contribution >= 4 is 16.6 Å². The Hall–Kier alpha value is -1.84. The Balaban J connectivity index is 2.93. The summed E-state index contributed by atoms with van der Waals surface area (Å²) in [6, 6.07) is 3.67. The van der Waals surface area contributed by atoms with Crippen LogP contribution in [0.3, 0.4) is 0 Å². The Labute approximate surface area is 93.7 Å². The van der Waals surface area contributed by atoms with Gasteiger partial charge >= 0.3 is 0 Å². The van der Waals surface area contributed by atoms with Gasteiger partial charge in [-0.3, -0.25) is 9.36 Å². The first-order chi connectivity index (χ1) is 7.52. The molecule has 0 amide bonds. The maximum atomic E-state index is 12.2. The molecule has 0 unspecified atom stereocenters. The fourth-order valence-electron chi connectivity index (χ4n) is 1.76. The molecule has 0 radical (unpaired) electrons. The number of aromatic nitrogens is 2. The van der Waals surface area contributed by atoms with Crippen LogP contribution in [0.2, 0.25) is 0 Å². The van der Waals surface area contributed by atoms with Gasteiger partial charge in [0, 0.05) is 11.7 Å². The molecular weight excluding hydrogens is 202 g/mol. The lowest BCUT2D eigenvalue weighted by Crippen LogP contribution is -2.23. The first-order valence-electron chi connectivity index (χ1n) is 5.28. The number of nitrogens with zero attached hydrogens (tertiary/aromatic N) is 2. The number of hydrogen-bond donors (Lipinski definition) is 1. The van der Waals surface area contributed by atoms with Gasteiger partial charge in [0.25, 0.3) is 5.56 Å². The molecule has 2 aromatic rings. The first-order valence-corrected chi connectivity index (χ1v) is 5.28. The predicted octanol–water partition coefficient (Wildman–Crippen LogP) is 1.87. The van der Waals surface area contributed by atoms with Crippen LogP contribution in [0.15, 0.2) is 23.3 Å². The van der Waals surface area contributed by atoms with E-state index >= 15 is 0 Å². The Kier molecular flexibility index (Phi) is 2.42. The summed E-state index contributed by atoms with van der Waals surface area (Å²) in [4.78, 5) is 16.5. The Morgan fingerprint density at radius 1 is 1.38 bits per heavy atom. The lowest BCUT2D eigenvalue weighted by atomic mass is 10.1. The lowest BCUT2D eigenvalue weighted by Gasteiger charge is -2.11. The molecule has 0 aliphatic rings. The molecule has 84 valence electrons. The van der Waals surface area contributed by atoms with E-state index in [1.54, 1.807) is 23.0 Å². The Morgan fingerprint density at radius 2 is 2.06 bits per heavy atom. The van der Waals surface area contributed by atoms with Crippen LogP contribution in [-0.2, 0) is 0 Å². The van der Waals surface area contributed by atoms with Crippen LogP contribution >= 0.6 is 0 Å². The highest BCUT2D eigenvalue weighted by Crippen LogP contribution is 2.18. The maximum Gasteiger partial charge on any atom is 0.261 e. The maximum absolute atomic E-state index is 12.2. The van der Waals surface area contributed by atoms with Crippen LogP contribution in [-0.4, -0.2) is 9.55 Å². The number of hydrogen-bond acceptors (Lipinski definition) is 3. The third kappa shape index (κ3) is 1.46. The predicted molar refractivity (Wildman–Crippen MR) is 65.5 cm³/mol. The SMILES string of the molecule is Cc1c(N)ccc2ncn(C(C)C)c(=O)c12.